The molecule has 0 saturated carbocycles. The Labute approximate surface area is 47.0 Å². The molecule has 0 bridgehead atoms. The zero-order valence-electron chi connectivity index (χ0n) is 3.67. The third kappa shape index (κ3) is 6.23. The number of alkyl halides is 1. The molecule has 7 heavy (non-hydrogen) atoms. The van der Waals surface area contributed by atoms with Crippen molar-refractivity contribution in [3.63, 3.8) is 0 Å². The topological polar surface area (TPSA) is 49.7 Å². The molecule has 0 radical (unpaired) electrons. The molecule has 0 aromatic heterocycles. The zero-order chi connectivity index (χ0) is 5.70. The summed E-state index contributed by atoms with van der Waals surface area (Å²) < 4.78 is 4.17. The highest BCUT2D eigenvalue weighted by molar-refractivity contribution is 6.32. The Kier molecular flexibility index (Phi) is 4.54. The highest BCUT2D eigenvalue weighted by Gasteiger charge is 2.05. The van der Waals surface area contributed by atoms with Crippen molar-refractivity contribution in [1.29, 1.82) is 0 Å². The number of halogens is 1. The van der Waals surface area contributed by atoms with Crippen molar-refractivity contribution >= 4 is 18.9 Å². The second kappa shape index (κ2) is 4.40. The molecule has 3 nitrogen and oxygen atoms in total. The van der Waals surface area contributed by atoms with E-state index in [1.54, 1.807) is 0 Å². The zero-order valence-corrected chi connectivity index (χ0v) is 4.43. The molecule has 2 N–H and O–H groups in total. The lowest BCUT2D eigenvalue weighted by Gasteiger charge is -1.94. The molecule has 0 aliphatic rings. The molecular weight excluding hydrogens is 118 g/mol. The van der Waals surface area contributed by atoms with Gasteiger partial charge in [-0.25, -0.2) is 0 Å². The molecule has 0 aliphatic carbocycles. The minimum absolute atomic E-state index is 0.166. The molecule has 0 spiro atoms. The van der Waals surface area contributed by atoms with Gasteiger partial charge in [-0.05, 0) is 0 Å². The summed E-state index contributed by atoms with van der Waals surface area (Å²) in [5.74, 6) is 0.275. The van der Waals surface area contributed by atoms with Gasteiger partial charge >= 0.3 is 7.32 Å². The molecule has 0 unspecified atom stereocenters. The molecule has 0 fully saturated rings. The van der Waals surface area contributed by atoms with Crippen molar-refractivity contribution in [3.05, 3.63) is 0 Å². The van der Waals surface area contributed by atoms with E-state index in [2.05, 4.69) is 4.65 Å². The molecule has 0 rings (SSSR count). The second-order valence-electron chi connectivity index (χ2n) is 0.886. The lowest BCUT2D eigenvalue weighted by Crippen LogP contribution is -2.17. The third-order valence-corrected chi connectivity index (χ3v) is 0.498. The van der Waals surface area contributed by atoms with E-state index in [9.17, 15) is 0 Å². The summed E-state index contributed by atoms with van der Waals surface area (Å²) in [5, 5.41) is 15.9. The number of rotatable bonds is 3. The predicted molar refractivity (Wildman–Crippen MR) is 26.9 cm³/mol. The van der Waals surface area contributed by atoms with Gasteiger partial charge in [0.1, 0.15) is 0 Å². The van der Waals surface area contributed by atoms with Crippen LogP contribution in [0.25, 0.3) is 0 Å². The first-order valence-corrected chi connectivity index (χ1v) is 2.34. The van der Waals surface area contributed by atoms with Gasteiger partial charge in [-0.15, -0.1) is 11.6 Å². The summed E-state index contributed by atoms with van der Waals surface area (Å²) in [6.07, 6.45) is 0. The van der Waals surface area contributed by atoms with E-state index in [0.717, 1.165) is 0 Å². The molecule has 0 amide bonds. The minimum Gasteiger partial charge on any atom is -0.402 e. The standard InChI is InChI=1S/C2H6BClO3/c4-1-2-7-3(5)6/h5-6H,1-2H2. The van der Waals surface area contributed by atoms with Crippen LogP contribution < -0.4 is 0 Å². The van der Waals surface area contributed by atoms with Gasteiger partial charge in [-0.3, -0.25) is 0 Å². The first kappa shape index (κ1) is 7.23. The maximum atomic E-state index is 7.96. The Hall–Kier alpha value is 0.235. The summed E-state index contributed by atoms with van der Waals surface area (Å²) in [5.41, 5.74) is 0. The van der Waals surface area contributed by atoms with Crippen LogP contribution in [-0.4, -0.2) is 29.9 Å². The van der Waals surface area contributed by atoms with Crippen LogP contribution in [0.2, 0.25) is 0 Å². The monoisotopic (exact) mass is 124 g/mol. The van der Waals surface area contributed by atoms with Crippen molar-refractivity contribution in [2.45, 2.75) is 0 Å². The van der Waals surface area contributed by atoms with Crippen LogP contribution >= 0.6 is 11.6 Å². The van der Waals surface area contributed by atoms with Crippen LogP contribution in [0, 0.1) is 0 Å². The fourth-order valence-electron chi connectivity index (χ4n) is 0.150. The van der Waals surface area contributed by atoms with Crippen molar-refractivity contribution in [2.75, 3.05) is 12.5 Å². The van der Waals surface area contributed by atoms with E-state index >= 15 is 0 Å². The summed E-state index contributed by atoms with van der Waals surface area (Å²) in [6.45, 7) is 0.166. The van der Waals surface area contributed by atoms with Gasteiger partial charge < -0.3 is 14.7 Å². The van der Waals surface area contributed by atoms with E-state index in [4.69, 9.17) is 21.6 Å². The Morgan fingerprint density at radius 1 is 1.57 bits per heavy atom. The largest absolute Gasteiger partial charge is 0.633 e. The van der Waals surface area contributed by atoms with Gasteiger partial charge in [0, 0.05) is 12.5 Å². The van der Waals surface area contributed by atoms with Crippen molar-refractivity contribution in [1.82, 2.24) is 0 Å². The Balaban J connectivity index is 2.68. The van der Waals surface area contributed by atoms with E-state index in [-0.39, 0.29) is 12.5 Å². The lowest BCUT2D eigenvalue weighted by molar-refractivity contribution is 0.197. The quantitative estimate of drug-likeness (QED) is 0.383. The smallest absolute Gasteiger partial charge is 0.402 e. The Morgan fingerprint density at radius 3 is 2.29 bits per heavy atom. The summed E-state index contributed by atoms with van der Waals surface area (Å²) in [6, 6.07) is 0. The molecule has 0 aromatic rings. The molecule has 0 heterocycles. The van der Waals surface area contributed by atoms with Crippen LogP contribution in [0.5, 0.6) is 0 Å². The first-order valence-electron chi connectivity index (χ1n) is 1.81. The van der Waals surface area contributed by atoms with Crippen LogP contribution in [0.3, 0.4) is 0 Å². The van der Waals surface area contributed by atoms with Gasteiger partial charge in [0.25, 0.3) is 0 Å². The maximum absolute atomic E-state index is 7.96. The fraction of sp³-hybridized carbons (Fsp3) is 1.00. The van der Waals surface area contributed by atoms with Crippen molar-refractivity contribution in [2.24, 2.45) is 0 Å². The van der Waals surface area contributed by atoms with E-state index < -0.39 is 7.32 Å². The van der Waals surface area contributed by atoms with Gasteiger partial charge in [0.15, 0.2) is 0 Å². The molecule has 0 aromatic carbocycles. The van der Waals surface area contributed by atoms with Gasteiger partial charge in [-0.1, -0.05) is 0 Å². The van der Waals surface area contributed by atoms with E-state index in [1.807, 2.05) is 0 Å². The van der Waals surface area contributed by atoms with Gasteiger partial charge in [-0.2, -0.15) is 0 Å². The van der Waals surface area contributed by atoms with Crippen LogP contribution in [0.4, 0.5) is 0 Å². The number of hydrogen-bond donors (Lipinski definition) is 2. The molecule has 0 saturated heterocycles. The normalized spacial score (nSPS) is 9.00. The fourth-order valence-corrected chi connectivity index (χ4v) is 0.239. The predicted octanol–water partition coefficient (Wildman–Crippen LogP) is -0.789. The molecule has 42 valence electrons. The number of hydrogen-bond acceptors (Lipinski definition) is 3. The molecule has 5 heteroatoms. The summed E-state index contributed by atoms with van der Waals surface area (Å²) in [4.78, 5) is 0. The van der Waals surface area contributed by atoms with Crippen LogP contribution in [0.1, 0.15) is 0 Å². The summed E-state index contributed by atoms with van der Waals surface area (Å²) >= 11 is 5.10. The molecular formula is C2H6BClO3. The minimum atomic E-state index is -1.68. The third-order valence-electron chi connectivity index (χ3n) is 0.344. The van der Waals surface area contributed by atoms with E-state index in [1.165, 1.54) is 0 Å². The average Bonchev–Trinajstić information content (AvgIpc) is 1.61. The maximum Gasteiger partial charge on any atom is 0.633 e. The van der Waals surface area contributed by atoms with Crippen LogP contribution in [-0.2, 0) is 4.65 Å². The highest BCUT2D eigenvalue weighted by atomic mass is 35.5. The lowest BCUT2D eigenvalue weighted by atomic mass is 10.3. The second-order valence-corrected chi connectivity index (χ2v) is 1.26. The van der Waals surface area contributed by atoms with Crippen molar-refractivity contribution < 1.29 is 14.7 Å². The highest BCUT2D eigenvalue weighted by Crippen LogP contribution is 1.77. The summed E-state index contributed by atoms with van der Waals surface area (Å²) in [7, 11) is -1.68. The van der Waals surface area contributed by atoms with Gasteiger partial charge in [0.2, 0.25) is 0 Å². The average molecular weight is 124 g/mol. The van der Waals surface area contributed by atoms with E-state index in [0.29, 0.717) is 0 Å². The Bertz CT molecular complexity index is 41.9. The molecule has 0 aliphatic heterocycles. The van der Waals surface area contributed by atoms with Crippen LogP contribution in [0.15, 0.2) is 0 Å². The molecule has 0 atom stereocenters. The van der Waals surface area contributed by atoms with Crippen molar-refractivity contribution in [3.8, 4) is 0 Å². The first-order chi connectivity index (χ1) is 3.27. The SMILES string of the molecule is OB(O)OCCCl. The van der Waals surface area contributed by atoms with Gasteiger partial charge in [0.05, 0.1) is 0 Å². The Morgan fingerprint density at radius 2 is 2.14 bits per heavy atom.